The van der Waals surface area contributed by atoms with Crippen molar-refractivity contribution in [2.75, 3.05) is 27.2 Å². The van der Waals surface area contributed by atoms with Crippen molar-refractivity contribution >= 4 is 11.9 Å². The highest BCUT2D eigenvalue weighted by Crippen LogP contribution is 2.29. The van der Waals surface area contributed by atoms with E-state index in [1.54, 1.807) is 24.1 Å². The third-order valence-corrected chi connectivity index (χ3v) is 3.57. The number of hydrogen-bond acceptors (Lipinski definition) is 5. The van der Waals surface area contributed by atoms with Gasteiger partial charge < -0.3 is 14.8 Å². The number of ether oxygens (including phenoxy) is 2. The average molecular weight is 387 g/mol. The summed E-state index contributed by atoms with van der Waals surface area (Å²) in [6, 6.07) is 4.03. The van der Waals surface area contributed by atoms with Gasteiger partial charge in [0.05, 0.1) is 13.7 Å². The highest BCUT2D eigenvalue weighted by molar-refractivity contribution is 5.95. The fourth-order valence-electron chi connectivity index (χ4n) is 2.30. The molecular formula is C18H27F2N3O4. The van der Waals surface area contributed by atoms with Crippen LogP contribution >= 0.6 is 0 Å². The third-order valence-electron chi connectivity index (χ3n) is 3.57. The molecule has 0 aliphatic heterocycles. The fourth-order valence-corrected chi connectivity index (χ4v) is 2.30. The number of nitrogens with one attached hydrogen (secondary N) is 2. The van der Waals surface area contributed by atoms with Gasteiger partial charge in [0.15, 0.2) is 11.5 Å². The quantitative estimate of drug-likeness (QED) is 0.645. The second-order valence-electron chi connectivity index (χ2n) is 6.52. The molecule has 0 aromatic heterocycles. The number of nitrogens with zero attached hydrogens (tertiary/aromatic N) is 1. The summed E-state index contributed by atoms with van der Waals surface area (Å²) in [7, 11) is 3.05. The van der Waals surface area contributed by atoms with Crippen molar-refractivity contribution in [1.29, 1.82) is 0 Å². The minimum Gasteiger partial charge on any atom is -0.493 e. The number of imide groups is 1. The molecule has 1 rings (SSSR count). The van der Waals surface area contributed by atoms with Crippen LogP contribution in [0.2, 0.25) is 0 Å². The molecule has 9 heteroatoms. The summed E-state index contributed by atoms with van der Waals surface area (Å²) < 4.78 is 34.1. The molecule has 0 fully saturated rings. The molecule has 2 N–H and O–H groups in total. The number of alkyl halides is 2. The molecule has 1 aromatic rings. The lowest BCUT2D eigenvalue weighted by atomic mass is 10.1. The number of urea groups is 1. The maximum atomic E-state index is 12.3. The lowest BCUT2D eigenvalue weighted by molar-refractivity contribution is -0.121. The van der Waals surface area contributed by atoms with E-state index in [4.69, 9.17) is 4.74 Å². The highest BCUT2D eigenvalue weighted by atomic mass is 19.3. The molecule has 3 amide bonds. The van der Waals surface area contributed by atoms with E-state index >= 15 is 0 Å². The lowest BCUT2D eigenvalue weighted by Crippen LogP contribution is -2.44. The summed E-state index contributed by atoms with van der Waals surface area (Å²) in [5, 5.41) is 4.89. The van der Waals surface area contributed by atoms with Gasteiger partial charge in [-0.15, -0.1) is 0 Å². The summed E-state index contributed by atoms with van der Waals surface area (Å²) in [5.74, 6) is 0.135. The van der Waals surface area contributed by atoms with E-state index in [9.17, 15) is 18.4 Å². The summed E-state index contributed by atoms with van der Waals surface area (Å²) in [4.78, 5) is 25.2. The van der Waals surface area contributed by atoms with E-state index in [1.807, 2.05) is 13.8 Å². The molecule has 0 aliphatic rings. The summed E-state index contributed by atoms with van der Waals surface area (Å²) in [6.45, 7) is 1.99. The molecule has 0 saturated carbocycles. The Balaban J connectivity index is 2.50. The minimum absolute atomic E-state index is 0.00476. The molecular weight excluding hydrogens is 360 g/mol. The highest BCUT2D eigenvalue weighted by Gasteiger charge is 2.14. The first-order chi connectivity index (χ1) is 12.7. The number of carbonyl (C=O) groups excluding carboxylic acids is 2. The second-order valence-corrected chi connectivity index (χ2v) is 6.52. The van der Waals surface area contributed by atoms with Crippen molar-refractivity contribution in [1.82, 2.24) is 15.5 Å². The van der Waals surface area contributed by atoms with E-state index in [0.717, 1.165) is 12.0 Å². The molecule has 1 aromatic carbocycles. The van der Waals surface area contributed by atoms with Crippen molar-refractivity contribution in [2.45, 2.75) is 33.4 Å². The molecule has 0 radical (unpaired) electrons. The largest absolute Gasteiger partial charge is 0.493 e. The van der Waals surface area contributed by atoms with Gasteiger partial charge in [-0.3, -0.25) is 15.0 Å². The van der Waals surface area contributed by atoms with Crippen LogP contribution in [0.4, 0.5) is 13.6 Å². The Morgan fingerprint density at radius 2 is 1.93 bits per heavy atom. The zero-order valence-corrected chi connectivity index (χ0v) is 16.1. The van der Waals surface area contributed by atoms with Crippen molar-refractivity contribution in [3.05, 3.63) is 23.8 Å². The van der Waals surface area contributed by atoms with E-state index in [0.29, 0.717) is 19.0 Å². The van der Waals surface area contributed by atoms with Crippen LogP contribution < -0.4 is 20.1 Å². The van der Waals surface area contributed by atoms with Gasteiger partial charge in [0.1, 0.15) is 0 Å². The van der Waals surface area contributed by atoms with Crippen molar-refractivity contribution in [2.24, 2.45) is 5.92 Å². The van der Waals surface area contributed by atoms with Crippen LogP contribution in [-0.4, -0.2) is 50.7 Å². The van der Waals surface area contributed by atoms with Crippen LogP contribution in [0.3, 0.4) is 0 Å². The predicted molar refractivity (Wildman–Crippen MR) is 97.0 cm³/mol. The van der Waals surface area contributed by atoms with Crippen molar-refractivity contribution in [3.8, 4) is 11.5 Å². The Morgan fingerprint density at radius 1 is 1.22 bits per heavy atom. The van der Waals surface area contributed by atoms with E-state index in [2.05, 4.69) is 15.4 Å². The third kappa shape index (κ3) is 9.18. The van der Waals surface area contributed by atoms with E-state index < -0.39 is 18.5 Å². The molecule has 0 aliphatic carbocycles. The zero-order valence-electron chi connectivity index (χ0n) is 16.1. The van der Waals surface area contributed by atoms with Gasteiger partial charge in [-0.05, 0) is 37.1 Å². The topological polar surface area (TPSA) is 79.9 Å². The number of methoxy groups -OCH3 is 1. The first-order valence-electron chi connectivity index (χ1n) is 8.59. The van der Waals surface area contributed by atoms with Gasteiger partial charge in [-0.1, -0.05) is 19.9 Å². The fraction of sp³-hybridized carbons (Fsp3) is 0.556. The lowest BCUT2D eigenvalue weighted by Gasteiger charge is -2.17. The molecule has 0 atom stereocenters. The maximum absolute atomic E-state index is 12.3. The number of amides is 3. The Kier molecular flexibility index (Phi) is 9.49. The molecule has 27 heavy (non-hydrogen) atoms. The SMILES string of the molecule is COc1cc(CN(C)CC(=O)NC(=O)NCCC(C)C)ccc1OC(F)F. The van der Waals surface area contributed by atoms with Crippen LogP contribution in [0.15, 0.2) is 18.2 Å². The van der Waals surface area contributed by atoms with Gasteiger partial charge in [-0.25, -0.2) is 4.79 Å². The number of benzene rings is 1. The van der Waals surface area contributed by atoms with Crippen LogP contribution in [0.25, 0.3) is 0 Å². The molecule has 7 nitrogen and oxygen atoms in total. The molecule has 0 saturated heterocycles. The number of hydrogen-bond donors (Lipinski definition) is 2. The Bertz CT molecular complexity index is 627. The predicted octanol–water partition coefficient (Wildman–Crippen LogP) is 2.60. The summed E-state index contributed by atoms with van der Waals surface area (Å²) >= 11 is 0. The standard InChI is InChI=1S/C18H27F2N3O4/c1-12(2)7-8-21-18(25)22-16(24)11-23(3)10-13-5-6-14(27-17(19)20)15(9-13)26-4/h5-6,9,12,17H,7-8,10-11H2,1-4H3,(H2,21,22,24,25). The van der Waals surface area contributed by atoms with Gasteiger partial charge in [-0.2, -0.15) is 8.78 Å². The Hall–Kier alpha value is -2.42. The first-order valence-corrected chi connectivity index (χ1v) is 8.59. The van der Waals surface area contributed by atoms with Gasteiger partial charge in [0.25, 0.3) is 0 Å². The monoisotopic (exact) mass is 387 g/mol. The maximum Gasteiger partial charge on any atom is 0.387 e. The Morgan fingerprint density at radius 3 is 2.52 bits per heavy atom. The normalized spacial score (nSPS) is 11.0. The number of halogens is 2. The van der Waals surface area contributed by atoms with Gasteiger partial charge in [0, 0.05) is 13.1 Å². The summed E-state index contributed by atoms with van der Waals surface area (Å²) in [6.07, 6.45) is 0.828. The second kappa shape index (κ2) is 11.3. The molecule has 0 heterocycles. The van der Waals surface area contributed by atoms with Crippen LogP contribution in [0.5, 0.6) is 11.5 Å². The molecule has 0 unspecified atom stereocenters. The van der Waals surface area contributed by atoms with Crippen molar-refractivity contribution < 1.29 is 27.8 Å². The van der Waals surface area contributed by atoms with Crippen LogP contribution in [0.1, 0.15) is 25.8 Å². The molecule has 152 valence electrons. The number of carbonyl (C=O) groups is 2. The van der Waals surface area contributed by atoms with Crippen molar-refractivity contribution in [3.63, 3.8) is 0 Å². The van der Waals surface area contributed by atoms with E-state index in [1.165, 1.54) is 13.2 Å². The summed E-state index contributed by atoms with van der Waals surface area (Å²) in [5.41, 5.74) is 0.741. The zero-order chi connectivity index (χ0) is 20.4. The number of rotatable bonds is 10. The minimum atomic E-state index is -2.94. The average Bonchev–Trinajstić information content (AvgIpc) is 2.54. The Labute approximate surface area is 158 Å². The smallest absolute Gasteiger partial charge is 0.387 e. The van der Waals surface area contributed by atoms with Gasteiger partial charge >= 0.3 is 12.6 Å². The van der Waals surface area contributed by atoms with Crippen LogP contribution in [0, 0.1) is 5.92 Å². The first kappa shape index (κ1) is 22.6. The number of likely N-dealkylation sites (N-methyl/N-ethyl adjacent to an activating group) is 1. The van der Waals surface area contributed by atoms with Crippen LogP contribution in [-0.2, 0) is 11.3 Å². The van der Waals surface area contributed by atoms with Gasteiger partial charge in [0.2, 0.25) is 5.91 Å². The van der Waals surface area contributed by atoms with E-state index in [-0.39, 0.29) is 18.0 Å². The molecule has 0 spiro atoms. The molecule has 0 bridgehead atoms.